The van der Waals surface area contributed by atoms with E-state index in [1.165, 1.54) is 30.2 Å². The van der Waals surface area contributed by atoms with Crippen LogP contribution in [-0.4, -0.2) is 33.1 Å². The number of ether oxygens (including phenoxy) is 1. The minimum atomic E-state index is -4.26. The van der Waals surface area contributed by atoms with Crippen LogP contribution < -0.4 is 14.5 Å². The average molecular weight is 466 g/mol. The SMILES string of the molecule is COc1ccc(N2C(=O)CS(=O)(=O)C23C(=O)N(Cc2cccc(F)c2)c2ccccc23)cc1. The van der Waals surface area contributed by atoms with Crippen molar-refractivity contribution in [3.8, 4) is 5.75 Å². The van der Waals surface area contributed by atoms with Gasteiger partial charge >= 0.3 is 0 Å². The number of hydrogen-bond donors (Lipinski definition) is 0. The van der Waals surface area contributed by atoms with Gasteiger partial charge in [-0.1, -0.05) is 30.3 Å². The van der Waals surface area contributed by atoms with Gasteiger partial charge in [-0.25, -0.2) is 12.8 Å². The molecule has 0 aromatic heterocycles. The van der Waals surface area contributed by atoms with Gasteiger partial charge in [0, 0.05) is 11.3 Å². The molecule has 33 heavy (non-hydrogen) atoms. The summed E-state index contributed by atoms with van der Waals surface area (Å²) in [6, 6.07) is 18.5. The Labute approximate surface area is 189 Å². The highest BCUT2D eigenvalue weighted by atomic mass is 32.2. The van der Waals surface area contributed by atoms with Gasteiger partial charge in [0.15, 0.2) is 9.84 Å². The minimum absolute atomic E-state index is 0.0461. The van der Waals surface area contributed by atoms with Crippen LogP contribution in [-0.2, 0) is 30.8 Å². The summed E-state index contributed by atoms with van der Waals surface area (Å²) in [5, 5.41) is 0. The van der Waals surface area contributed by atoms with Gasteiger partial charge in [0.05, 0.1) is 19.3 Å². The standard InChI is InChI=1S/C24H19FN2O5S/c1-32-19-11-9-18(10-12-19)27-22(28)15-33(30,31)24(27)20-7-2-3-8-21(20)26(23(24)29)14-16-5-4-6-17(25)13-16/h2-13H,14-15H2,1H3. The van der Waals surface area contributed by atoms with Crippen LogP contribution in [0.2, 0.25) is 0 Å². The molecule has 1 spiro atoms. The first-order valence-electron chi connectivity index (χ1n) is 10.1. The van der Waals surface area contributed by atoms with Crippen LogP contribution in [0.4, 0.5) is 15.8 Å². The van der Waals surface area contributed by atoms with Gasteiger partial charge in [0.2, 0.25) is 5.91 Å². The van der Waals surface area contributed by atoms with Gasteiger partial charge in [-0.2, -0.15) is 0 Å². The first kappa shape index (κ1) is 21.1. The molecule has 5 rings (SSSR count). The van der Waals surface area contributed by atoms with Crippen LogP contribution in [0.15, 0.2) is 72.8 Å². The predicted octanol–water partition coefficient (Wildman–Crippen LogP) is 3.00. The number of methoxy groups -OCH3 is 1. The van der Waals surface area contributed by atoms with Crippen molar-refractivity contribution >= 4 is 33.0 Å². The molecule has 2 amide bonds. The molecule has 7 nitrogen and oxygen atoms in total. The summed E-state index contributed by atoms with van der Waals surface area (Å²) in [5.41, 5.74) is 1.32. The number of nitrogens with zero attached hydrogens (tertiary/aromatic N) is 2. The summed E-state index contributed by atoms with van der Waals surface area (Å²) in [6.45, 7) is -0.0461. The fraction of sp³-hybridized carbons (Fsp3) is 0.167. The second-order valence-corrected chi connectivity index (χ2v) is 9.98. The molecular weight excluding hydrogens is 447 g/mol. The smallest absolute Gasteiger partial charge is 0.274 e. The van der Waals surface area contributed by atoms with E-state index in [0.717, 1.165) is 4.90 Å². The summed E-state index contributed by atoms with van der Waals surface area (Å²) in [4.78, 5) is 27.2. The zero-order valence-electron chi connectivity index (χ0n) is 17.6. The number of carbonyl (C=O) groups is 2. The van der Waals surface area contributed by atoms with Crippen LogP contribution in [0.5, 0.6) is 5.75 Å². The van der Waals surface area contributed by atoms with E-state index in [9.17, 15) is 22.4 Å². The Kier molecular flexibility index (Phi) is 4.75. The van der Waals surface area contributed by atoms with Crippen molar-refractivity contribution in [2.45, 2.75) is 11.4 Å². The molecule has 2 heterocycles. The van der Waals surface area contributed by atoms with Gasteiger partial charge < -0.3 is 9.64 Å². The molecule has 9 heteroatoms. The molecule has 0 N–H and O–H groups in total. The van der Waals surface area contributed by atoms with Gasteiger partial charge in [0.1, 0.15) is 17.3 Å². The van der Waals surface area contributed by atoms with Crippen molar-refractivity contribution in [3.63, 3.8) is 0 Å². The van der Waals surface area contributed by atoms with Crippen molar-refractivity contribution in [1.82, 2.24) is 0 Å². The van der Waals surface area contributed by atoms with E-state index in [0.29, 0.717) is 17.0 Å². The molecule has 0 bridgehead atoms. The van der Waals surface area contributed by atoms with E-state index < -0.39 is 38.1 Å². The summed E-state index contributed by atoms with van der Waals surface area (Å²) in [5.74, 6) is -2.21. The molecule has 1 saturated heterocycles. The lowest BCUT2D eigenvalue weighted by molar-refractivity contribution is -0.123. The van der Waals surface area contributed by atoms with E-state index >= 15 is 0 Å². The Bertz CT molecular complexity index is 1390. The Balaban J connectivity index is 1.71. The number of fused-ring (bicyclic) bond motifs is 2. The van der Waals surface area contributed by atoms with Gasteiger partial charge in [-0.3, -0.25) is 14.5 Å². The van der Waals surface area contributed by atoms with Crippen LogP contribution in [0.3, 0.4) is 0 Å². The normalized spacial score (nSPS) is 21.0. The summed E-state index contributed by atoms with van der Waals surface area (Å²) in [7, 11) is -2.78. The van der Waals surface area contributed by atoms with Gasteiger partial charge in [-0.05, 0) is 48.0 Å². The van der Waals surface area contributed by atoms with E-state index in [2.05, 4.69) is 0 Å². The zero-order chi connectivity index (χ0) is 23.4. The number of halogens is 1. The number of sulfone groups is 1. The number of para-hydroxylation sites is 1. The second kappa shape index (κ2) is 7.41. The molecule has 0 aliphatic carbocycles. The Hall–Kier alpha value is -3.72. The number of benzene rings is 3. The molecular formula is C24H19FN2O5S. The molecule has 3 aromatic carbocycles. The third-order valence-electron chi connectivity index (χ3n) is 5.98. The molecule has 1 atom stereocenters. The first-order chi connectivity index (χ1) is 15.8. The fourth-order valence-corrected chi connectivity index (χ4v) is 6.63. The molecule has 1 unspecified atom stereocenters. The fourth-order valence-electron chi connectivity index (χ4n) is 4.60. The Morgan fingerprint density at radius 2 is 1.73 bits per heavy atom. The van der Waals surface area contributed by atoms with E-state index in [-0.39, 0.29) is 17.8 Å². The molecule has 2 aliphatic rings. The second-order valence-electron chi connectivity index (χ2n) is 7.87. The van der Waals surface area contributed by atoms with Crippen LogP contribution in [0, 0.1) is 5.82 Å². The van der Waals surface area contributed by atoms with Crippen LogP contribution in [0.1, 0.15) is 11.1 Å². The molecule has 168 valence electrons. The third kappa shape index (κ3) is 2.96. The topological polar surface area (TPSA) is 84.0 Å². The number of carbonyl (C=O) groups excluding carboxylic acids is 2. The van der Waals surface area contributed by atoms with E-state index in [1.807, 2.05) is 0 Å². The molecule has 0 saturated carbocycles. The average Bonchev–Trinajstić information content (AvgIpc) is 3.17. The number of amides is 2. The molecule has 3 aromatic rings. The van der Waals surface area contributed by atoms with Crippen molar-refractivity contribution < 1.29 is 27.1 Å². The van der Waals surface area contributed by atoms with Crippen molar-refractivity contribution in [2.24, 2.45) is 0 Å². The predicted molar refractivity (Wildman–Crippen MR) is 120 cm³/mol. The van der Waals surface area contributed by atoms with Crippen molar-refractivity contribution in [1.29, 1.82) is 0 Å². The summed E-state index contributed by atoms with van der Waals surface area (Å²) < 4.78 is 46.0. The Morgan fingerprint density at radius 1 is 1.00 bits per heavy atom. The summed E-state index contributed by atoms with van der Waals surface area (Å²) >= 11 is 0. The largest absolute Gasteiger partial charge is 0.497 e. The van der Waals surface area contributed by atoms with Crippen molar-refractivity contribution in [2.75, 3.05) is 22.7 Å². The maximum atomic E-state index is 14.0. The quantitative estimate of drug-likeness (QED) is 0.590. The summed E-state index contributed by atoms with van der Waals surface area (Å²) in [6.07, 6.45) is 0. The van der Waals surface area contributed by atoms with Gasteiger partial charge in [0.25, 0.3) is 10.8 Å². The third-order valence-corrected chi connectivity index (χ3v) is 8.09. The number of rotatable bonds is 4. The lowest BCUT2D eigenvalue weighted by atomic mass is 10.0. The van der Waals surface area contributed by atoms with E-state index in [4.69, 9.17) is 4.74 Å². The molecule has 2 aliphatic heterocycles. The van der Waals surface area contributed by atoms with Gasteiger partial charge in [-0.15, -0.1) is 0 Å². The zero-order valence-corrected chi connectivity index (χ0v) is 18.4. The maximum absolute atomic E-state index is 14.0. The van der Waals surface area contributed by atoms with Crippen LogP contribution >= 0.6 is 0 Å². The highest BCUT2D eigenvalue weighted by Crippen LogP contribution is 2.52. The lowest BCUT2D eigenvalue weighted by Gasteiger charge is -2.32. The number of hydrogen-bond acceptors (Lipinski definition) is 5. The van der Waals surface area contributed by atoms with E-state index in [1.54, 1.807) is 54.6 Å². The highest BCUT2D eigenvalue weighted by molar-refractivity contribution is 7.94. The molecule has 0 radical (unpaired) electrons. The maximum Gasteiger partial charge on any atom is 0.274 e. The highest BCUT2D eigenvalue weighted by Gasteiger charge is 2.69. The van der Waals surface area contributed by atoms with Crippen molar-refractivity contribution in [3.05, 3.63) is 89.7 Å². The monoisotopic (exact) mass is 466 g/mol. The Morgan fingerprint density at radius 3 is 2.42 bits per heavy atom. The lowest BCUT2D eigenvalue weighted by Crippen LogP contribution is -2.54. The molecule has 1 fully saturated rings. The van der Waals surface area contributed by atoms with Crippen LogP contribution in [0.25, 0.3) is 0 Å². The number of anilines is 2. The first-order valence-corrected chi connectivity index (χ1v) is 11.8. The minimum Gasteiger partial charge on any atom is -0.497 e.